The van der Waals surface area contributed by atoms with Gasteiger partial charge in [-0.1, -0.05) is 43.0 Å². The lowest BCUT2D eigenvalue weighted by molar-refractivity contribution is 0.662. The van der Waals surface area contributed by atoms with Gasteiger partial charge in [-0.2, -0.15) is 0 Å². The molecule has 6 rings (SSSR count). The van der Waals surface area contributed by atoms with Crippen LogP contribution >= 0.6 is 11.8 Å². The number of hydrogen-bond acceptors (Lipinski definition) is 7. The van der Waals surface area contributed by atoms with Gasteiger partial charge in [-0.3, -0.25) is 27.5 Å². The molecule has 34 heavy (non-hydrogen) atoms. The van der Waals surface area contributed by atoms with Gasteiger partial charge in [0, 0.05) is 13.6 Å². The van der Waals surface area contributed by atoms with Crippen molar-refractivity contribution < 1.29 is 0 Å². The van der Waals surface area contributed by atoms with Crippen molar-refractivity contribution in [1.82, 2.24) is 38.3 Å². The van der Waals surface area contributed by atoms with Gasteiger partial charge in [0.1, 0.15) is 5.82 Å². The highest BCUT2D eigenvalue weighted by atomic mass is 32.2. The first-order valence-electron chi connectivity index (χ1n) is 10.9. The molecule has 0 spiro atoms. The largest absolute Gasteiger partial charge is 0.279 e. The maximum Gasteiger partial charge on any atom is 0.262 e. The highest BCUT2D eigenvalue weighted by molar-refractivity contribution is 7.98. The number of thioether (sulfide) groups is 1. The first kappa shape index (κ1) is 20.6. The summed E-state index contributed by atoms with van der Waals surface area (Å²) in [6.07, 6.45) is 0.806. The minimum atomic E-state index is -0.112. The summed E-state index contributed by atoms with van der Waals surface area (Å²) in [4.78, 5) is 25.7. The summed E-state index contributed by atoms with van der Waals surface area (Å²) < 4.78 is 7.01. The zero-order valence-corrected chi connectivity index (χ0v) is 19.4. The van der Waals surface area contributed by atoms with E-state index in [9.17, 15) is 9.59 Å². The van der Waals surface area contributed by atoms with Gasteiger partial charge in [0.2, 0.25) is 11.6 Å². The summed E-state index contributed by atoms with van der Waals surface area (Å²) in [7, 11) is 1.70. The Hall–Kier alpha value is -3.99. The molecule has 2 aromatic carbocycles. The molecular weight excluding hydrogens is 452 g/mol. The van der Waals surface area contributed by atoms with E-state index >= 15 is 0 Å². The summed E-state index contributed by atoms with van der Waals surface area (Å²) in [6.45, 7) is 2.59. The number of fused-ring (bicyclic) bond motifs is 6. The Morgan fingerprint density at radius 1 is 0.794 bits per heavy atom. The third kappa shape index (κ3) is 2.90. The molecule has 0 saturated carbocycles. The monoisotopic (exact) mass is 472 g/mol. The highest BCUT2D eigenvalue weighted by Gasteiger charge is 2.19. The third-order valence-electron chi connectivity index (χ3n) is 5.95. The van der Waals surface area contributed by atoms with Crippen LogP contribution in [0.4, 0.5) is 0 Å². The molecule has 0 N–H and O–H groups in total. The predicted molar refractivity (Wildman–Crippen MR) is 130 cm³/mol. The Bertz CT molecular complexity index is 1850. The molecule has 0 unspecified atom stereocenters. The molecule has 6 aromatic rings. The normalized spacial score (nSPS) is 11.9. The molecule has 170 valence electrons. The second-order valence-corrected chi connectivity index (χ2v) is 8.96. The fourth-order valence-electron chi connectivity index (χ4n) is 4.37. The zero-order valence-electron chi connectivity index (χ0n) is 18.5. The average Bonchev–Trinajstić information content (AvgIpc) is 3.48. The standard InChI is InChI=1S/C23H20N8O2S/c1-3-12-29-20(33)15-9-5-7-11-17(15)31-22(29)26-27-23(31)34-13-18-24-25-21-28(2)19(32)14-8-4-6-10-16(14)30(18)21/h4-11H,3,12-13H2,1-2H3. The van der Waals surface area contributed by atoms with Crippen LogP contribution in [0, 0.1) is 0 Å². The van der Waals surface area contributed by atoms with E-state index in [1.54, 1.807) is 17.7 Å². The molecule has 0 saturated heterocycles. The van der Waals surface area contributed by atoms with E-state index < -0.39 is 0 Å². The fraction of sp³-hybridized carbons (Fsp3) is 0.217. The first-order valence-corrected chi connectivity index (χ1v) is 11.9. The third-order valence-corrected chi connectivity index (χ3v) is 6.87. The number of para-hydroxylation sites is 2. The molecule has 0 aliphatic carbocycles. The maximum atomic E-state index is 13.0. The quantitative estimate of drug-likeness (QED) is 0.355. The Kier molecular flexibility index (Phi) is 4.73. The molecule has 0 bridgehead atoms. The van der Waals surface area contributed by atoms with Crippen molar-refractivity contribution >= 4 is 45.1 Å². The van der Waals surface area contributed by atoms with Gasteiger partial charge in [0.25, 0.3) is 11.1 Å². The van der Waals surface area contributed by atoms with Crippen molar-refractivity contribution in [1.29, 1.82) is 0 Å². The van der Waals surface area contributed by atoms with E-state index in [0.717, 1.165) is 17.5 Å². The Labute approximate surface area is 196 Å². The van der Waals surface area contributed by atoms with Crippen molar-refractivity contribution in [2.45, 2.75) is 30.8 Å². The van der Waals surface area contributed by atoms with Crippen LogP contribution in [0.25, 0.3) is 33.4 Å². The van der Waals surface area contributed by atoms with Crippen LogP contribution < -0.4 is 11.1 Å². The van der Waals surface area contributed by atoms with Crippen LogP contribution in [0.2, 0.25) is 0 Å². The smallest absolute Gasteiger partial charge is 0.262 e. The number of benzene rings is 2. The molecule has 0 atom stereocenters. The lowest BCUT2D eigenvalue weighted by atomic mass is 10.2. The van der Waals surface area contributed by atoms with Gasteiger partial charge in [-0.05, 0) is 30.7 Å². The summed E-state index contributed by atoms with van der Waals surface area (Å²) in [5, 5.41) is 19.3. The fourth-order valence-corrected chi connectivity index (χ4v) is 5.22. The Morgan fingerprint density at radius 3 is 2.18 bits per heavy atom. The first-order chi connectivity index (χ1) is 16.6. The van der Waals surface area contributed by atoms with Crippen molar-refractivity contribution in [3.63, 3.8) is 0 Å². The minimum Gasteiger partial charge on any atom is -0.279 e. The van der Waals surface area contributed by atoms with Crippen LogP contribution in [0.1, 0.15) is 19.2 Å². The topological polar surface area (TPSA) is 104 Å². The Balaban J connectivity index is 1.50. The van der Waals surface area contributed by atoms with Crippen LogP contribution in [-0.2, 0) is 19.3 Å². The lowest BCUT2D eigenvalue weighted by Gasteiger charge is -2.10. The van der Waals surface area contributed by atoms with E-state index in [1.807, 2.05) is 58.2 Å². The maximum absolute atomic E-state index is 13.0. The van der Waals surface area contributed by atoms with E-state index in [4.69, 9.17) is 0 Å². The van der Waals surface area contributed by atoms with Gasteiger partial charge in [-0.15, -0.1) is 20.4 Å². The summed E-state index contributed by atoms with van der Waals surface area (Å²) in [5.74, 6) is 2.14. The van der Waals surface area contributed by atoms with Crippen molar-refractivity contribution in [2.75, 3.05) is 0 Å². The highest BCUT2D eigenvalue weighted by Crippen LogP contribution is 2.25. The van der Waals surface area contributed by atoms with E-state index in [1.165, 1.54) is 16.3 Å². The predicted octanol–water partition coefficient (Wildman–Crippen LogP) is 2.64. The number of aromatic nitrogens is 8. The molecule has 4 heterocycles. The molecule has 0 aliphatic heterocycles. The number of hydrogen-bond donors (Lipinski definition) is 0. The summed E-state index contributed by atoms with van der Waals surface area (Å²) in [6, 6.07) is 14.9. The number of aryl methyl sites for hydroxylation is 2. The lowest BCUT2D eigenvalue weighted by Crippen LogP contribution is -2.23. The molecule has 0 fully saturated rings. The molecule has 0 amide bonds. The van der Waals surface area contributed by atoms with Crippen molar-refractivity contribution in [3.05, 3.63) is 75.1 Å². The van der Waals surface area contributed by atoms with E-state index in [2.05, 4.69) is 20.4 Å². The van der Waals surface area contributed by atoms with Crippen molar-refractivity contribution in [3.8, 4) is 0 Å². The zero-order chi connectivity index (χ0) is 23.4. The second kappa shape index (κ2) is 7.80. The summed E-state index contributed by atoms with van der Waals surface area (Å²) in [5.41, 5.74) is 1.35. The number of rotatable bonds is 5. The van der Waals surface area contributed by atoms with Crippen LogP contribution in [0.3, 0.4) is 0 Å². The average molecular weight is 473 g/mol. The van der Waals surface area contributed by atoms with Gasteiger partial charge in [-0.25, -0.2) is 0 Å². The molecular formula is C23H20N8O2S. The van der Waals surface area contributed by atoms with E-state index in [0.29, 0.717) is 45.6 Å². The van der Waals surface area contributed by atoms with Crippen molar-refractivity contribution in [2.24, 2.45) is 7.05 Å². The van der Waals surface area contributed by atoms with Crippen LogP contribution in [0.5, 0.6) is 0 Å². The van der Waals surface area contributed by atoms with Crippen LogP contribution in [0.15, 0.2) is 63.3 Å². The van der Waals surface area contributed by atoms with Gasteiger partial charge in [0.05, 0.1) is 27.6 Å². The molecule has 11 heteroatoms. The summed E-state index contributed by atoms with van der Waals surface area (Å²) >= 11 is 1.46. The van der Waals surface area contributed by atoms with Crippen LogP contribution in [-0.4, -0.2) is 38.3 Å². The van der Waals surface area contributed by atoms with Gasteiger partial charge in [0.15, 0.2) is 5.16 Å². The number of nitrogens with zero attached hydrogens (tertiary/aromatic N) is 8. The van der Waals surface area contributed by atoms with Gasteiger partial charge < -0.3 is 0 Å². The second-order valence-electron chi connectivity index (χ2n) is 8.01. The molecule has 4 aromatic heterocycles. The minimum absolute atomic E-state index is 0.0651. The SMILES string of the molecule is CCCn1c(=O)c2ccccc2n2c(SCc3nnc4n(C)c(=O)c5ccccc5n34)nnc12. The molecule has 0 radical (unpaired) electrons. The van der Waals surface area contributed by atoms with Gasteiger partial charge >= 0.3 is 0 Å². The molecule has 0 aliphatic rings. The molecule has 10 nitrogen and oxygen atoms in total. The van der Waals surface area contributed by atoms with E-state index in [-0.39, 0.29) is 11.1 Å². The Morgan fingerprint density at radius 2 is 1.44 bits per heavy atom.